The fraction of sp³-hybridized carbons (Fsp3) is 0.343. The van der Waals surface area contributed by atoms with Crippen molar-refractivity contribution in [2.24, 2.45) is 12.5 Å². The zero-order chi connectivity index (χ0) is 28.9. The second-order valence-corrected chi connectivity index (χ2v) is 13.1. The summed E-state index contributed by atoms with van der Waals surface area (Å²) < 4.78 is 50.8. The summed E-state index contributed by atoms with van der Waals surface area (Å²) in [6.07, 6.45) is -2.37. The first kappa shape index (κ1) is 26.6. The Hall–Kier alpha value is -3.60. The Morgan fingerprint density at radius 1 is 0.800 bits per heavy atom. The lowest BCUT2D eigenvalue weighted by atomic mass is 9.78. The van der Waals surface area contributed by atoms with Gasteiger partial charge in [-0.05, 0) is 64.4 Å². The van der Waals surface area contributed by atoms with Crippen LogP contribution in [-0.4, -0.2) is 6.18 Å². The van der Waals surface area contributed by atoms with Crippen molar-refractivity contribution in [3.63, 3.8) is 0 Å². The molecule has 0 N–H and O–H groups in total. The van der Waals surface area contributed by atoms with E-state index in [-0.39, 0.29) is 11.8 Å². The molecule has 5 aromatic rings. The highest BCUT2D eigenvalue weighted by Gasteiger charge is 2.47. The molecule has 1 aliphatic heterocycles. The summed E-state index contributed by atoms with van der Waals surface area (Å²) in [4.78, 5) is 0. The van der Waals surface area contributed by atoms with Crippen molar-refractivity contribution in [3.05, 3.63) is 77.0 Å². The van der Waals surface area contributed by atoms with E-state index in [1.54, 1.807) is 0 Å². The Morgan fingerprint density at radius 3 is 2.20 bits per heavy atom. The minimum absolute atomic E-state index is 0.112. The van der Waals surface area contributed by atoms with Crippen LogP contribution in [0.3, 0.4) is 0 Å². The predicted molar refractivity (Wildman–Crippen MR) is 157 cm³/mol. The van der Waals surface area contributed by atoms with Crippen LogP contribution in [0.4, 0.5) is 13.2 Å². The smallest absolute Gasteiger partial charge is 0.394 e. The molecule has 0 radical (unpaired) electrons. The molecule has 0 amide bonds. The third kappa shape index (κ3) is 3.81. The summed E-state index contributed by atoms with van der Waals surface area (Å²) in [6, 6.07) is 16.3. The van der Waals surface area contributed by atoms with Crippen LogP contribution in [0, 0.1) is 19.3 Å². The Kier molecular flexibility index (Phi) is 5.62. The number of rotatable bonds is 2. The molecule has 0 aliphatic carbocycles. The number of fused-ring (bicyclic) bond motifs is 5. The van der Waals surface area contributed by atoms with E-state index in [1.165, 1.54) is 30.2 Å². The Labute approximate surface area is 233 Å². The molecule has 2 nitrogen and oxygen atoms in total. The van der Waals surface area contributed by atoms with Gasteiger partial charge < -0.3 is 4.74 Å². The van der Waals surface area contributed by atoms with Gasteiger partial charge >= 0.3 is 6.18 Å². The summed E-state index contributed by atoms with van der Waals surface area (Å²) in [6.45, 7) is 13.4. The van der Waals surface area contributed by atoms with Gasteiger partial charge in [0, 0.05) is 17.0 Å². The molecule has 1 aromatic heterocycles. The van der Waals surface area contributed by atoms with Crippen molar-refractivity contribution in [1.29, 1.82) is 0 Å². The van der Waals surface area contributed by atoms with Crippen LogP contribution < -0.4 is 9.30 Å². The lowest BCUT2D eigenvalue weighted by Crippen LogP contribution is -2.34. The Bertz CT molecular complexity index is 1870. The van der Waals surface area contributed by atoms with Crippen molar-refractivity contribution in [1.82, 2.24) is 0 Å². The van der Waals surface area contributed by atoms with Crippen LogP contribution in [0.1, 0.15) is 56.9 Å². The van der Waals surface area contributed by atoms with E-state index < -0.39 is 11.6 Å². The maximum atomic E-state index is 13.9. The molecule has 6 rings (SSSR count). The molecule has 0 spiro atoms. The minimum Gasteiger partial charge on any atom is -0.455 e. The van der Waals surface area contributed by atoms with Crippen molar-refractivity contribution in [2.75, 3.05) is 0 Å². The highest BCUT2D eigenvalue weighted by atomic mass is 19.4. The molecule has 4 aromatic carbocycles. The number of aryl methyl sites for hydroxylation is 3. The average Bonchev–Trinajstić information content (AvgIpc) is 2.84. The standard InChI is InChI=1S/C35H35F3NO/c1-19-12-13-24-25(16-19)20(2)28-31-29-23(14-15-39(31)8)22-11-9-10-21(18-34(6,7)35(36,37)38)26(22)17-27(29)40-32(28)30(24)33(3,4)5/h9-17H,18H2,1-8H3/q+1. The Morgan fingerprint density at radius 2 is 1.52 bits per heavy atom. The SMILES string of the molecule is Cc1ccc2c(C(C)(C)C)c3c(c(C)c2c1)-c1c2c(cc4c(CC(C)(C)C(F)(F)F)cccc4c2cc[n+]1C)O3. The summed E-state index contributed by atoms with van der Waals surface area (Å²) >= 11 is 0. The summed E-state index contributed by atoms with van der Waals surface area (Å²) in [5.74, 6) is 1.53. The van der Waals surface area contributed by atoms with E-state index in [2.05, 4.69) is 76.7 Å². The molecule has 2 heterocycles. The predicted octanol–water partition coefficient (Wildman–Crippen LogP) is 9.79. The van der Waals surface area contributed by atoms with Crippen LogP contribution in [0.15, 0.2) is 54.7 Å². The number of nitrogens with zero attached hydrogens (tertiary/aromatic N) is 1. The van der Waals surface area contributed by atoms with Gasteiger partial charge in [0.15, 0.2) is 6.20 Å². The number of hydrogen-bond acceptors (Lipinski definition) is 1. The van der Waals surface area contributed by atoms with E-state index in [0.717, 1.165) is 49.7 Å². The van der Waals surface area contributed by atoms with Gasteiger partial charge in [0.05, 0.1) is 16.4 Å². The van der Waals surface area contributed by atoms with E-state index in [4.69, 9.17) is 4.74 Å². The van der Waals surface area contributed by atoms with Crippen LogP contribution in [0.2, 0.25) is 0 Å². The largest absolute Gasteiger partial charge is 0.455 e. The third-order valence-corrected chi connectivity index (χ3v) is 8.61. The average molecular weight is 543 g/mol. The first-order valence-electron chi connectivity index (χ1n) is 13.8. The van der Waals surface area contributed by atoms with Crippen LogP contribution in [0.25, 0.3) is 43.6 Å². The van der Waals surface area contributed by atoms with Crippen LogP contribution in [0.5, 0.6) is 11.5 Å². The second-order valence-electron chi connectivity index (χ2n) is 13.1. The third-order valence-electron chi connectivity index (χ3n) is 8.61. The second kappa shape index (κ2) is 8.45. The number of halogens is 3. The lowest BCUT2D eigenvalue weighted by molar-refractivity contribution is -0.659. The number of pyridine rings is 1. The van der Waals surface area contributed by atoms with Crippen molar-refractivity contribution in [2.45, 2.75) is 66.5 Å². The minimum atomic E-state index is -4.31. The van der Waals surface area contributed by atoms with E-state index in [0.29, 0.717) is 11.3 Å². The quantitative estimate of drug-likeness (QED) is 0.157. The van der Waals surface area contributed by atoms with Crippen molar-refractivity contribution in [3.8, 4) is 22.8 Å². The van der Waals surface area contributed by atoms with Gasteiger partial charge in [-0.3, -0.25) is 0 Å². The first-order valence-corrected chi connectivity index (χ1v) is 13.8. The molecule has 0 bridgehead atoms. The number of aromatic nitrogens is 1. The zero-order valence-electron chi connectivity index (χ0n) is 24.4. The molecule has 0 saturated heterocycles. The first-order chi connectivity index (χ1) is 18.6. The van der Waals surface area contributed by atoms with Crippen molar-refractivity contribution >= 4 is 32.3 Å². The summed E-state index contributed by atoms with van der Waals surface area (Å²) in [7, 11) is 2.05. The number of alkyl halides is 3. The zero-order valence-corrected chi connectivity index (χ0v) is 24.4. The summed E-state index contributed by atoms with van der Waals surface area (Å²) in [5.41, 5.74) is 4.25. The van der Waals surface area contributed by atoms with Crippen LogP contribution >= 0.6 is 0 Å². The van der Waals surface area contributed by atoms with E-state index >= 15 is 0 Å². The van der Waals surface area contributed by atoms with Crippen molar-refractivity contribution < 1.29 is 22.5 Å². The molecule has 1 aliphatic rings. The summed E-state index contributed by atoms with van der Waals surface area (Å²) in [5, 5.41) is 6.10. The van der Waals surface area contributed by atoms with Gasteiger partial charge in [0.1, 0.15) is 18.5 Å². The number of benzene rings is 4. The highest BCUT2D eigenvalue weighted by molar-refractivity contribution is 6.17. The molecule has 206 valence electrons. The molecule has 0 unspecified atom stereocenters. The molecule has 40 heavy (non-hydrogen) atoms. The fourth-order valence-electron chi connectivity index (χ4n) is 6.44. The van der Waals surface area contributed by atoms with E-state index in [1.807, 2.05) is 24.3 Å². The monoisotopic (exact) mass is 542 g/mol. The lowest BCUT2D eigenvalue weighted by Gasteiger charge is -2.31. The van der Waals surface area contributed by atoms with Gasteiger partial charge in [0.25, 0.3) is 0 Å². The maximum absolute atomic E-state index is 13.9. The molecule has 0 fully saturated rings. The molecule has 5 heteroatoms. The number of ether oxygens (including phenoxy) is 1. The van der Waals surface area contributed by atoms with Gasteiger partial charge in [-0.25, -0.2) is 4.57 Å². The van der Waals surface area contributed by atoms with E-state index in [9.17, 15) is 13.2 Å². The Balaban J connectivity index is 1.74. The highest BCUT2D eigenvalue weighted by Crippen LogP contribution is 2.54. The van der Waals surface area contributed by atoms with Gasteiger partial charge in [-0.1, -0.05) is 76.6 Å². The van der Waals surface area contributed by atoms with Crippen LogP contribution in [-0.2, 0) is 18.9 Å². The maximum Gasteiger partial charge on any atom is 0.394 e. The normalized spacial score (nSPS) is 13.7. The fourth-order valence-corrected chi connectivity index (χ4v) is 6.44. The van der Waals surface area contributed by atoms with Gasteiger partial charge in [0.2, 0.25) is 5.69 Å². The number of hydrogen-bond donors (Lipinski definition) is 0. The molecule has 0 atom stereocenters. The van der Waals surface area contributed by atoms with Gasteiger partial charge in [-0.15, -0.1) is 0 Å². The molecular formula is C35H35F3NO+. The topological polar surface area (TPSA) is 13.1 Å². The molecule has 0 saturated carbocycles. The van der Waals surface area contributed by atoms with Gasteiger partial charge in [-0.2, -0.15) is 13.2 Å². The molecular weight excluding hydrogens is 507 g/mol.